The molecule has 16 heavy (non-hydrogen) atoms. The smallest absolute Gasteiger partial charge is 0.188 e. The lowest BCUT2D eigenvalue weighted by molar-refractivity contribution is 0.663. The second-order valence-corrected chi connectivity index (χ2v) is 3.93. The number of tetrazole rings is 1. The van der Waals surface area contributed by atoms with Gasteiger partial charge in [-0.1, -0.05) is 34.5 Å². The van der Waals surface area contributed by atoms with Crippen molar-refractivity contribution in [2.45, 2.75) is 26.9 Å². The number of H-pyrrole nitrogens is 1. The van der Waals surface area contributed by atoms with E-state index in [9.17, 15) is 0 Å². The number of nitrogens with one attached hydrogen (secondary N) is 2. The molecule has 84 valence electrons. The van der Waals surface area contributed by atoms with Crippen molar-refractivity contribution >= 4 is 0 Å². The zero-order valence-electron chi connectivity index (χ0n) is 9.49. The van der Waals surface area contributed by atoms with Crippen LogP contribution in [0.4, 0.5) is 0 Å². The van der Waals surface area contributed by atoms with Crippen LogP contribution in [0, 0.1) is 13.8 Å². The number of aromatic nitrogens is 4. The van der Waals surface area contributed by atoms with E-state index in [0.29, 0.717) is 12.4 Å². The minimum absolute atomic E-state index is 0.628. The number of nitrogens with zero attached hydrogens (tertiary/aromatic N) is 3. The molecule has 1 aromatic carbocycles. The highest BCUT2D eigenvalue weighted by molar-refractivity contribution is 5.28. The summed E-state index contributed by atoms with van der Waals surface area (Å²) in [6.07, 6.45) is 0. The first kappa shape index (κ1) is 10.8. The van der Waals surface area contributed by atoms with Crippen molar-refractivity contribution in [3.63, 3.8) is 0 Å². The summed E-state index contributed by atoms with van der Waals surface area (Å²) in [5, 5.41) is 16.9. The molecule has 2 rings (SSSR count). The molecule has 0 saturated carbocycles. The highest BCUT2D eigenvalue weighted by atomic mass is 15.5. The van der Waals surface area contributed by atoms with Gasteiger partial charge in [0.1, 0.15) is 0 Å². The Morgan fingerprint density at radius 2 is 1.88 bits per heavy atom. The molecule has 1 aromatic heterocycles. The average molecular weight is 217 g/mol. The van der Waals surface area contributed by atoms with Gasteiger partial charge in [-0.3, -0.25) is 0 Å². The normalized spacial score (nSPS) is 10.6. The molecule has 0 fully saturated rings. The molecule has 0 bridgehead atoms. The summed E-state index contributed by atoms with van der Waals surface area (Å²) in [6, 6.07) is 6.52. The summed E-state index contributed by atoms with van der Waals surface area (Å²) in [5.41, 5.74) is 3.86. The maximum Gasteiger partial charge on any atom is 0.188 e. The summed E-state index contributed by atoms with van der Waals surface area (Å²) in [4.78, 5) is 0. The second kappa shape index (κ2) is 4.85. The van der Waals surface area contributed by atoms with Crippen LogP contribution in [0.2, 0.25) is 0 Å². The Morgan fingerprint density at radius 1 is 1.12 bits per heavy atom. The van der Waals surface area contributed by atoms with Crippen molar-refractivity contribution in [3.8, 4) is 0 Å². The predicted molar refractivity (Wildman–Crippen MR) is 60.6 cm³/mol. The molecular weight excluding hydrogens is 202 g/mol. The molecule has 0 aliphatic rings. The molecule has 0 radical (unpaired) electrons. The maximum absolute atomic E-state index is 3.87. The van der Waals surface area contributed by atoms with Crippen molar-refractivity contribution in [2.24, 2.45) is 0 Å². The molecule has 5 heteroatoms. The lowest BCUT2D eigenvalue weighted by Gasteiger charge is -2.05. The van der Waals surface area contributed by atoms with E-state index in [1.807, 2.05) is 0 Å². The highest BCUT2D eigenvalue weighted by Gasteiger charge is 1.99. The third-order valence-corrected chi connectivity index (χ3v) is 2.28. The molecule has 0 saturated heterocycles. The van der Waals surface area contributed by atoms with Crippen LogP contribution in [0.25, 0.3) is 0 Å². The van der Waals surface area contributed by atoms with E-state index in [0.717, 1.165) is 6.54 Å². The Balaban J connectivity index is 1.89. The van der Waals surface area contributed by atoms with Gasteiger partial charge in [-0.25, -0.2) is 0 Å². The van der Waals surface area contributed by atoms with Crippen LogP contribution < -0.4 is 5.32 Å². The van der Waals surface area contributed by atoms with E-state index in [4.69, 9.17) is 0 Å². The summed E-state index contributed by atoms with van der Waals surface area (Å²) in [5.74, 6) is 0.685. The minimum atomic E-state index is 0.628. The van der Waals surface area contributed by atoms with Crippen LogP contribution in [0.5, 0.6) is 0 Å². The fourth-order valence-electron chi connectivity index (χ4n) is 1.75. The first-order valence-electron chi connectivity index (χ1n) is 5.24. The van der Waals surface area contributed by atoms with Crippen molar-refractivity contribution in [3.05, 3.63) is 40.7 Å². The van der Waals surface area contributed by atoms with Crippen LogP contribution in [0.3, 0.4) is 0 Å². The summed E-state index contributed by atoms with van der Waals surface area (Å²) in [7, 11) is 0. The van der Waals surface area contributed by atoms with Gasteiger partial charge in [0.15, 0.2) is 5.82 Å². The molecule has 1 heterocycles. The highest BCUT2D eigenvalue weighted by Crippen LogP contribution is 2.08. The molecule has 0 atom stereocenters. The number of hydrogen-bond donors (Lipinski definition) is 2. The van der Waals surface area contributed by atoms with Gasteiger partial charge in [0.2, 0.25) is 0 Å². The van der Waals surface area contributed by atoms with Gasteiger partial charge in [-0.05, 0) is 19.4 Å². The molecule has 0 unspecified atom stereocenters. The number of rotatable bonds is 4. The summed E-state index contributed by atoms with van der Waals surface area (Å²) < 4.78 is 0. The Hall–Kier alpha value is -1.75. The minimum Gasteiger partial charge on any atom is -0.306 e. The predicted octanol–water partition coefficient (Wildman–Crippen LogP) is 1.11. The van der Waals surface area contributed by atoms with Gasteiger partial charge in [0, 0.05) is 6.54 Å². The lowest BCUT2D eigenvalue weighted by Crippen LogP contribution is -2.14. The van der Waals surface area contributed by atoms with Crippen molar-refractivity contribution in [1.82, 2.24) is 25.9 Å². The van der Waals surface area contributed by atoms with Gasteiger partial charge in [0.05, 0.1) is 6.54 Å². The standard InChI is InChI=1S/C11H15N5/c1-8-3-9(2)5-10(4-8)6-12-7-11-13-15-16-14-11/h3-5,12H,6-7H2,1-2H3,(H,13,14,15,16). The zero-order chi connectivity index (χ0) is 11.4. The van der Waals surface area contributed by atoms with Crippen LogP contribution in [-0.4, -0.2) is 20.6 Å². The van der Waals surface area contributed by atoms with Gasteiger partial charge in [-0.2, -0.15) is 5.21 Å². The van der Waals surface area contributed by atoms with Gasteiger partial charge >= 0.3 is 0 Å². The molecule has 0 amide bonds. The van der Waals surface area contributed by atoms with Crippen molar-refractivity contribution in [1.29, 1.82) is 0 Å². The molecule has 2 aromatic rings. The number of benzene rings is 1. The van der Waals surface area contributed by atoms with Crippen LogP contribution in [0.1, 0.15) is 22.5 Å². The van der Waals surface area contributed by atoms with E-state index in [1.54, 1.807) is 0 Å². The van der Waals surface area contributed by atoms with E-state index >= 15 is 0 Å². The van der Waals surface area contributed by atoms with Crippen LogP contribution in [0.15, 0.2) is 18.2 Å². The van der Waals surface area contributed by atoms with E-state index in [1.165, 1.54) is 16.7 Å². The van der Waals surface area contributed by atoms with E-state index in [2.05, 4.69) is 58.0 Å². The maximum atomic E-state index is 3.87. The van der Waals surface area contributed by atoms with Crippen LogP contribution >= 0.6 is 0 Å². The van der Waals surface area contributed by atoms with Crippen molar-refractivity contribution < 1.29 is 0 Å². The molecule has 0 aliphatic carbocycles. The first-order chi connectivity index (χ1) is 7.74. The van der Waals surface area contributed by atoms with Gasteiger partial charge in [0.25, 0.3) is 0 Å². The molecule has 0 aliphatic heterocycles. The third-order valence-electron chi connectivity index (χ3n) is 2.28. The Morgan fingerprint density at radius 3 is 2.50 bits per heavy atom. The first-order valence-corrected chi connectivity index (χ1v) is 5.24. The van der Waals surface area contributed by atoms with Crippen LogP contribution in [-0.2, 0) is 13.1 Å². The average Bonchev–Trinajstić information content (AvgIpc) is 2.69. The van der Waals surface area contributed by atoms with Crippen molar-refractivity contribution in [2.75, 3.05) is 0 Å². The number of hydrogen-bond acceptors (Lipinski definition) is 4. The molecular formula is C11H15N5. The fraction of sp³-hybridized carbons (Fsp3) is 0.364. The molecule has 0 spiro atoms. The van der Waals surface area contributed by atoms with E-state index < -0.39 is 0 Å². The topological polar surface area (TPSA) is 66.5 Å². The zero-order valence-corrected chi connectivity index (χ0v) is 9.49. The Labute approximate surface area is 94.3 Å². The number of aryl methyl sites for hydroxylation is 2. The second-order valence-electron chi connectivity index (χ2n) is 3.93. The molecule has 5 nitrogen and oxygen atoms in total. The quantitative estimate of drug-likeness (QED) is 0.805. The summed E-state index contributed by atoms with van der Waals surface area (Å²) >= 11 is 0. The largest absolute Gasteiger partial charge is 0.306 e. The Kier molecular flexibility index (Phi) is 3.26. The Bertz CT molecular complexity index is 429. The monoisotopic (exact) mass is 217 g/mol. The van der Waals surface area contributed by atoms with Gasteiger partial charge in [-0.15, -0.1) is 10.2 Å². The molecule has 2 N–H and O–H groups in total. The number of aromatic amines is 1. The summed E-state index contributed by atoms with van der Waals surface area (Å²) in [6.45, 7) is 5.66. The fourth-order valence-corrected chi connectivity index (χ4v) is 1.75. The van der Waals surface area contributed by atoms with Gasteiger partial charge < -0.3 is 5.32 Å². The van der Waals surface area contributed by atoms with E-state index in [-0.39, 0.29) is 0 Å². The third kappa shape index (κ3) is 2.87. The SMILES string of the molecule is Cc1cc(C)cc(CNCc2nn[nH]n2)c1. The lowest BCUT2D eigenvalue weighted by atomic mass is 10.1.